The predicted octanol–water partition coefficient (Wildman–Crippen LogP) is 4.09. The van der Waals surface area contributed by atoms with Crippen molar-refractivity contribution in [2.75, 3.05) is 7.05 Å². The summed E-state index contributed by atoms with van der Waals surface area (Å²) in [4.78, 5) is 28.6. The first kappa shape index (κ1) is 17.0. The van der Waals surface area contributed by atoms with Gasteiger partial charge in [-0.05, 0) is 25.8 Å². The van der Waals surface area contributed by atoms with Crippen LogP contribution in [-0.4, -0.2) is 38.8 Å². The van der Waals surface area contributed by atoms with Gasteiger partial charge >= 0.3 is 0 Å². The predicted molar refractivity (Wildman–Crippen MR) is 96.1 cm³/mol. The van der Waals surface area contributed by atoms with Crippen LogP contribution in [0, 0.1) is 6.92 Å². The third kappa shape index (κ3) is 3.80. The van der Waals surface area contributed by atoms with Gasteiger partial charge in [-0.3, -0.25) is 4.79 Å². The van der Waals surface area contributed by atoms with Crippen LogP contribution in [0.15, 0.2) is 18.5 Å². The van der Waals surface area contributed by atoms with Crippen molar-refractivity contribution in [1.82, 2.24) is 19.9 Å². The standard InChI is InChI=1S/C18H24N4OS/c1-13-15(24-17(21-13)16-19-11-8-12-20-16)18(23)22(2)14-9-6-4-3-5-7-10-14/h8,11-12,14H,3-7,9-10H2,1-2H3. The van der Waals surface area contributed by atoms with Crippen LogP contribution in [0.2, 0.25) is 0 Å². The van der Waals surface area contributed by atoms with Crippen molar-refractivity contribution in [3.05, 3.63) is 29.0 Å². The Morgan fingerprint density at radius 2 is 1.75 bits per heavy atom. The molecule has 3 rings (SSSR count). The highest BCUT2D eigenvalue weighted by molar-refractivity contribution is 7.17. The van der Waals surface area contributed by atoms with E-state index in [2.05, 4.69) is 15.0 Å². The molecule has 1 aliphatic carbocycles. The molecule has 1 amide bonds. The van der Waals surface area contributed by atoms with Crippen LogP contribution < -0.4 is 0 Å². The minimum Gasteiger partial charge on any atom is -0.338 e. The molecule has 0 bridgehead atoms. The van der Waals surface area contributed by atoms with Gasteiger partial charge in [0.05, 0.1) is 5.69 Å². The molecule has 0 atom stereocenters. The van der Waals surface area contributed by atoms with Crippen LogP contribution in [0.25, 0.3) is 10.8 Å². The molecule has 2 aromatic heterocycles. The van der Waals surface area contributed by atoms with Crippen molar-refractivity contribution in [3.63, 3.8) is 0 Å². The highest BCUT2D eigenvalue weighted by Gasteiger charge is 2.25. The Morgan fingerprint density at radius 1 is 1.12 bits per heavy atom. The van der Waals surface area contributed by atoms with Crippen LogP contribution in [0.1, 0.15) is 60.3 Å². The Kier molecular flexibility index (Phi) is 5.56. The van der Waals surface area contributed by atoms with Gasteiger partial charge in [-0.15, -0.1) is 11.3 Å². The molecular formula is C18H24N4OS. The molecule has 1 aliphatic rings. The average molecular weight is 344 g/mol. The zero-order valence-corrected chi connectivity index (χ0v) is 15.2. The number of hydrogen-bond donors (Lipinski definition) is 0. The van der Waals surface area contributed by atoms with E-state index < -0.39 is 0 Å². The summed E-state index contributed by atoms with van der Waals surface area (Å²) < 4.78 is 0. The Bertz CT molecular complexity index is 678. The lowest BCUT2D eigenvalue weighted by atomic mass is 9.96. The number of nitrogens with zero attached hydrogens (tertiary/aromatic N) is 4. The van der Waals surface area contributed by atoms with Gasteiger partial charge in [-0.2, -0.15) is 0 Å². The van der Waals surface area contributed by atoms with E-state index in [-0.39, 0.29) is 5.91 Å². The Labute approximate surface area is 147 Å². The number of rotatable bonds is 3. The number of thiazole rings is 1. The highest BCUT2D eigenvalue weighted by atomic mass is 32.1. The van der Waals surface area contributed by atoms with Crippen molar-refractivity contribution < 1.29 is 4.79 Å². The van der Waals surface area contributed by atoms with E-state index in [1.165, 1.54) is 43.4 Å². The number of amides is 1. The summed E-state index contributed by atoms with van der Waals surface area (Å²) >= 11 is 1.40. The molecule has 1 fully saturated rings. The van der Waals surface area contributed by atoms with Gasteiger partial charge in [0.1, 0.15) is 4.88 Å². The molecule has 0 radical (unpaired) electrons. The van der Waals surface area contributed by atoms with Gasteiger partial charge in [0.2, 0.25) is 0 Å². The first-order chi connectivity index (χ1) is 11.7. The molecule has 0 aromatic carbocycles. The molecule has 2 heterocycles. The van der Waals surface area contributed by atoms with Crippen LogP contribution in [0.3, 0.4) is 0 Å². The van der Waals surface area contributed by atoms with Gasteiger partial charge in [-0.25, -0.2) is 15.0 Å². The Balaban J connectivity index is 1.77. The second kappa shape index (κ2) is 7.83. The quantitative estimate of drug-likeness (QED) is 0.841. The molecule has 1 saturated carbocycles. The largest absolute Gasteiger partial charge is 0.338 e. The number of hydrogen-bond acceptors (Lipinski definition) is 5. The summed E-state index contributed by atoms with van der Waals surface area (Å²) in [6.45, 7) is 1.89. The maximum absolute atomic E-state index is 13.0. The molecule has 0 aliphatic heterocycles. The monoisotopic (exact) mass is 344 g/mol. The summed E-state index contributed by atoms with van der Waals surface area (Å²) in [5, 5.41) is 0.711. The molecule has 2 aromatic rings. The second-order valence-electron chi connectivity index (χ2n) is 6.42. The first-order valence-corrected chi connectivity index (χ1v) is 9.50. The molecule has 0 saturated heterocycles. The van der Waals surface area contributed by atoms with Crippen LogP contribution in [0.4, 0.5) is 0 Å². The zero-order valence-electron chi connectivity index (χ0n) is 14.4. The molecule has 128 valence electrons. The van der Waals surface area contributed by atoms with Crippen LogP contribution in [-0.2, 0) is 0 Å². The van der Waals surface area contributed by atoms with Gasteiger partial charge in [0, 0.05) is 25.5 Å². The van der Waals surface area contributed by atoms with Gasteiger partial charge < -0.3 is 4.90 Å². The van der Waals surface area contributed by atoms with E-state index in [4.69, 9.17) is 0 Å². The highest BCUT2D eigenvalue weighted by Crippen LogP contribution is 2.28. The summed E-state index contributed by atoms with van der Waals surface area (Å²) in [5.74, 6) is 0.663. The molecule has 24 heavy (non-hydrogen) atoms. The first-order valence-electron chi connectivity index (χ1n) is 8.69. The maximum Gasteiger partial charge on any atom is 0.265 e. The molecule has 6 heteroatoms. The zero-order chi connectivity index (χ0) is 16.9. The molecule has 0 N–H and O–H groups in total. The smallest absolute Gasteiger partial charge is 0.265 e. The lowest BCUT2D eigenvalue weighted by molar-refractivity contribution is 0.0711. The molecule has 5 nitrogen and oxygen atoms in total. The molecule has 0 unspecified atom stereocenters. The third-order valence-electron chi connectivity index (χ3n) is 4.69. The van der Waals surface area contributed by atoms with E-state index in [1.807, 2.05) is 18.9 Å². The van der Waals surface area contributed by atoms with Crippen molar-refractivity contribution in [2.45, 2.75) is 57.9 Å². The topological polar surface area (TPSA) is 59.0 Å². The minimum absolute atomic E-state index is 0.0813. The molecular weight excluding hydrogens is 320 g/mol. The van der Waals surface area contributed by atoms with Gasteiger partial charge in [0.25, 0.3) is 5.91 Å². The SMILES string of the molecule is Cc1nc(-c2ncccn2)sc1C(=O)N(C)C1CCCCCCC1. The lowest BCUT2D eigenvalue weighted by Gasteiger charge is -2.29. The average Bonchev–Trinajstić information content (AvgIpc) is 2.96. The summed E-state index contributed by atoms with van der Waals surface area (Å²) in [5.41, 5.74) is 0.769. The Hall–Kier alpha value is -1.82. The second-order valence-corrected chi connectivity index (χ2v) is 7.42. The maximum atomic E-state index is 13.0. The van der Waals surface area contributed by atoms with Gasteiger partial charge in [-0.1, -0.05) is 32.1 Å². The fraction of sp³-hybridized carbons (Fsp3) is 0.556. The number of carbonyl (C=O) groups excluding carboxylic acids is 1. The van der Waals surface area contributed by atoms with E-state index >= 15 is 0 Å². The number of carbonyl (C=O) groups is 1. The summed E-state index contributed by atoms with van der Waals surface area (Å²) in [6.07, 6.45) is 11.9. The van der Waals surface area contributed by atoms with Crippen molar-refractivity contribution in [1.29, 1.82) is 0 Å². The normalized spacial score (nSPS) is 16.4. The number of aryl methyl sites for hydroxylation is 1. The van der Waals surface area contributed by atoms with Gasteiger partial charge in [0.15, 0.2) is 10.8 Å². The lowest BCUT2D eigenvalue weighted by Crippen LogP contribution is -2.37. The number of aromatic nitrogens is 3. The van der Waals surface area contributed by atoms with E-state index in [0.29, 0.717) is 21.8 Å². The summed E-state index contributed by atoms with van der Waals surface area (Å²) in [7, 11) is 1.94. The van der Waals surface area contributed by atoms with Crippen LogP contribution in [0.5, 0.6) is 0 Å². The van der Waals surface area contributed by atoms with E-state index in [1.54, 1.807) is 18.5 Å². The fourth-order valence-corrected chi connectivity index (χ4v) is 4.25. The van der Waals surface area contributed by atoms with E-state index in [0.717, 1.165) is 18.5 Å². The fourth-order valence-electron chi connectivity index (χ4n) is 3.25. The van der Waals surface area contributed by atoms with E-state index in [9.17, 15) is 4.79 Å². The minimum atomic E-state index is 0.0813. The molecule has 0 spiro atoms. The summed E-state index contributed by atoms with van der Waals surface area (Å²) in [6, 6.07) is 2.12. The third-order valence-corrected chi connectivity index (χ3v) is 5.83. The van der Waals surface area contributed by atoms with Crippen molar-refractivity contribution >= 4 is 17.2 Å². The van der Waals surface area contributed by atoms with Crippen molar-refractivity contribution in [3.8, 4) is 10.8 Å². The Morgan fingerprint density at radius 3 is 2.42 bits per heavy atom. The van der Waals surface area contributed by atoms with Crippen LogP contribution >= 0.6 is 11.3 Å². The van der Waals surface area contributed by atoms with Crippen molar-refractivity contribution in [2.24, 2.45) is 0 Å².